The van der Waals surface area contributed by atoms with Crippen molar-refractivity contribution in [3.8, 4) is 0 Å². The van der Waals surface area contributed by atoms with E-state index in [0.717, 1.165) is 10.4 Å². The van der Waals surface area contributed by atoms with E-state index in [9.17, 15) is 9.59 Å². The molecule has 29 heavy (non-hydrogen) atoms. The van der Waals surface area contributed by atoms with Crippen LogP contribution in [0.5, 0.6) is 0 Å². The van der Waals surface area contributed by atoms with E-state index in [1.165, 1.54) is 12.5 Å². The number of carbonyl (C=O) groups is 2. The lowest BCUT2D eigenvalue weighted by atomic mass is 10.0. The van der Waals surface area contributed by atoms with Gasteiger partial charge in [-0.05, 0) is 55.1 Å². The number of thiophene rings is 1. The fourth-order valence-electron chi connectivity index (χ4n) is 2.97. The smallest absolute Gasteiger partial charge is 0.241 e. The van der Waals surface area contributed by atoms with Crippen LogP contribution in [0.15, 0.2) is 66.0 Å². The number of hydrogen-bond acceptors (Lipinski definition) is 4. The second-order valence-electron chi connectivity index (χ2n) is 7.00. The molecular weight excluding hydrogens is 382 g/mol. The lowest BCUT2D eigenvalue weighted by molar-refractivity contribution is -0.118. The lowest BCUT2D eigenvalue weighted by Crippen LogP contribution is -2.40. The normalized spacial score (nSPS) is 12.8. The molecule has 2 aromatic carbocycles. The van der Waals surface area contributed by atoms with E-state index >= 15 is 0 Å². The average molecular weight is 408 g/mol. The molecule has 0 saturated carbocycles. The van der Waals surface area contributed by atoms with Gasteiger partial charge in [0, 0.05) is 23.2 Å². The molecule has 150 valence electrons. The molecule has 2 atom stereocenters. The van der Waals surface area contributed by atoms with Crippen LogP contribution in [-0.2, 0) is 9.59 Å². The van der Waals surface area contributed by atoms with Gasteiger partial charge >= 0.3 is 0 Å². The van der Waals surface area contributed by atoms with Crippen LogP contribution in [0.25, 0.3) is 0 Å². The summed E-state index contributed by atoms with van der Waals surface area (Å²) in [6, 6.07) is 19.0. The molecule has 2 amide bonds. The van der Waals surface area contributed by atoms with Crippen molar-refractivity contribution in [2.45, 2.75) is 32.9 Å². The largest absolute Gasteiger partial charge is 0.326 e. The minimum Gasteiger partial charge on any atom is -0.326 e. The molecule has 0 bridgehead atoms. The van der Waals surface area contributed by atoms with Gasteiger partial charge in [0.2, 0.25) is 11.8 Å². The number of benzene rings is 2. The van der Waals surface area contributed by atoms with Crippen LogP contribution >= 0.6 is 11.3 Å². The lowest BCUT2D eigenvalue weighted by Gasteiger charge is -2.23. The zero-order valence-electron chi connectivity index (χ0n) is 16.7. The van der Waals surface area contributed by atoms with Crippen molar-refractivity contribution < 1.29 is 9.59 Å². The fourth-order valence-corrected chi connectivity index (χ4v) is 3.79. The number of aryl methyl sites for hydroxylation is 1. The Morgan fingerprint density at radius 1 is 0.897 bits per heavy atom. The number of amides is 2. The number of nitrogens with one attached hydrogen (secondary N) is 3. The first-order valence-corrected chi connectivity index (χ1v) is 10.3. The van der Waals surface area contributed by atoms with Crippen LogP contribution in [0.2, 0.25) is 0 Å². The summed E-state index contributed by atoms with van der Waals surface area (Å²) in [5, 5.41) is 11.1. The minimum absolute atomic E-state index is 0.0570. The Morgan fingerprint density at radius 3 is 2.07 bits per heavy atom. The second-order valence-corrected chi connectivity index (χ2v) is 7.97. The van der Waals surface area contributed by atoms with Crippen LogP contribution in [-0.4, -0.2) is 17.9 Å². The molecule has 1 heterocycles. The number of anilines is 2. The van der Waals surface area contributed by atoms with E-state index in [0.29, 0.717) is 11.4 Å². The summed E-state index contributed by atoms with van der Waals surface area (Å²) in [7, 11) is 0. The monoisotopic (exact) mass is 407 g/mol. The predicted octanol–water partition coefficient (Wildman–Crippen LogP) is 4.72. The van der Waals surface area contributed by atoms with Crippen molar-refractivity contribution in [2.75, 3.05) is 10.6 Å². The van der Waals surface area contributed by atoms with Crippen LogP contribution in [0, 0.1) is 6.92 Å². The molecule has 0 radical (unpaired) electrons. The fraction of sp³-hybridized carbons (Fsp3) is 0.217. The predicted molar refractivity (Wildman–Crippen MR) is 119 cm³/mol. The van der Waals surface area contributed by atoms with Gasteiger partial charge in [-0.25, -0.2) is 0 Å². The SMILES string of the molecule is CC(=O)Nc1ccc(NC(=O)[C@H](C)N[C@@H](c2ccc(C)cc2)c2cccs2)cc1. The van der Waals surface area contributed by atoms with Gasteiger partial charge in [0.25, 0.3) is 0 Å². The molecule has 0 unspecified atom stereocenters. The maximum absolute atomic E-state index is 12.7. The van der Waals surface area contributed by atoms with Crippen LogP contribution < -0.4 is 16.0 Å². The van der Waals surface area contributed by atoms with Gasteiger partial charge in [0.1, 0.15) is 0 Å². The second kappa shape index (κ2) is 9.49. The van der Waals surface area contributed by atoms with Crippen LogP contribution in [0.4, 0.5) is 11.4 Å². The third-order valence-corrected chi connectivity index (χ3v) is 5.46. The molecule has 5 nitrogen and oxygen atoms in total. The Labute approximate surface area is 175 Å². The van der Waals surface area contributed by atoms with E-state index in [-0.39, 0.29) is 17.9 Å². The first kappa shape index (κ1) is 20.8. The maximum Gasteiger partial charge on any atom is 0.241 e. The summed E-state index contributed by atoms with van der Waals surface area (Å²) in [5.41, 5.74) is 3.70. The molecule has 3 N–H and O–H groups in total. The highest BCUT2D eigenvalue weighted by Gasteiger charge is 2.21. The highest BCUT2D eigenvalue weighted by atomic mass is 32.1. The van der Waals surface area contributed by atoms with Crippen molar-refractivity contribution >= 4 is 34.5 Å². The average Bonchev–Trinajstić information content (AvgIpc) is 3.22. The van der Waals surface area contributed by atoms with Gasteiger partial charge in [0.05, 0.1) is 12.1 Å². The third kappa shape index (κ3) is 5.76. The van der Waals surface area contributed by atoms with Crippen molar-refractivity contribution in [2.24, 2.45) is 0 Å². The summed E-state index contributed by atoms with van der Waals surface area (Å²) in [6.45, 7) is 5.38. The Bertz CT molecular complexity index is 951. The Morgan fingerprint density at radius 2 is 1.52 bits per heavy atom. The Hall–Kier alpha value is -2.96. The highest BCUT2D eigenvalue weighted by Crippen LogP contribution is 2.27. The molecule has 0 saturated heterocycles. The molecule has 3 rings (SSSR count). The zero-order valence-corrected chi connectivity index (χ0v) is 17.5. The topological polar surface area (TPSA) is 70.2 Å². The van der Waals surface area contributed by atoms with Crippen molar-refractivity contribution in [3.05, 3.63) is 82.0 Å². The van der Waals surface area contributed by atoms with Crippen molar-refractivity contribution in [3.63, 3.8) is 0 Å². The molecule has 6 heteroatoms. The summed E-state index contributed by atoms with van der Waals surface area (Å²) in [6.07, 6.45) is 0. The molecule has 3 aromatic rings. The minimum atomic E-state index is -0.404. The van der Waals surface area contributed by atoms with Gasteiger partial charge in [-0.15, -0.1) is 11.3 Å². The van der Waals surface area contributed by atoms with Crippen molar-refractivity contribution in [1.82, 2.24) is 5.32 Å². The molecule has 0 aliphatic carbocycles. The molecular formula is C23H25N3O2S. The van der Waals surface area contributed by atoms with E-state index in [2.05, 4.69) is 53.2 Å². The molecule has 1 aromatic heterocycles. The van der Waals surface area contributed by atoms with Crippen LogP contribution in [0.1, 0.15) is 35.9 Å². The van der Waals surface area contributed by atoms with Crippen molar-refractivity contribution in [1.29, 1.82) is 0 Å². The van der Waals surface area contributed by atoms with Gasteiger partial charge in [-0.3, -0.25) is 14.9 Å². The molecule has 0 fully saturated rings. The number of rotatable bonds is 7. The first-order valence-electron chi connectivity index (χ1n) is 9.47. The van der Waals surface area contributed by atoms with E-state index in [4.69, 9.17) is 0 Å². The maximum atomic E-state index is 12.7. The third-order valence-electron chi connectivity index (χ3n) is 4.52. The molecule has 0 aliphatic heterocycles. The highest BCUT2D eigenvalue weighted by molar-refractivity contribution is 7.10. The van der Waals surface area contributed by atoms with Gasteiger partial charge < -0.3 is 10.6 Å². The van der Waals surface area contributed by atoms with Gasteiger partial charge in [-0.1, -0.05) is 35.9 Å². The number of hydrogen-bond donors (Lipinski definition) is 3. The van der Waals surface area contributed by atoms with E-state index in [1.807, 2.05) is 18.4 Å². The first-order chi connectivity index (χ1) is 13.9. The van der Waals surface area contributed by atoms with E-state index in [1.54, 1.807) is 35.6 Å². The summed E-state index contributed by atoms with van der Waals surface area (Å²) in [4.78, 5) is 25.0. The van der Waals surface area contributed by atoms with E-state index < -0.39 is 6.04 Å². The Kier molecular flexibility index (Phi) is 6.80. The molecule has 0 spiro atoms. The summed E-state index contributed by atoms with van der Waals surface area (Å²) < 4.78 is 0. The zero-order chi connectivity index (χ0) is 20.8. The van der Waals surface area contributed by atoms with Gasteiger partial charge in [-0.2, -0.15) is 0 Å². The summed E-state index contributed by atoms with van der Waals surface area (Å²) in [5.74, 6) is -0.249. The standard InChI is InChI=1S/C23H25N3O2S/c1-15-6-8-18(9-7-15)22(21-5-4-14-29-21)24-16(2)23(28)26-20-12-10-19(11-13-20)25-17(3)27/h4-14,16,22,24H,1-3H3,(H,25,27)(H,26,28)/t16-,22-/m0/s1. The number of carbonyl (C=O) groups excluding carboxylic acids is 2. The Balaban J connectivity index is 1.69. The molecule has 0 aliphatic rings. The summed E-state index contributed by atoms with van der Waals surface area (Å²) >= 11 is 1.67. The van der Waals surface area contributed by atoms with Crippen LogP contribution in [0.3, 0.4) is 0 Å². The van der Waals surface area contributed by atoms with Gasteiger partial charge in [0.15, 0.2) is 0 Å². The quantitative estimate of drug-likeness (QED) is 0.531.